The highest BCUT2D eigenvalue weighted by atomic mass is 19.1. The second-order valence-electron chi connectivity index (χ2n) is 5.52. The van der Waals surface area contributed by atoms with E-state index in [4.69, 9.17) is 0 Å². The van der Waals surface area contributed by atoms with Crippen molar-refractivity contribution in [1.29, 1.82) is 0 Å². The second kappa shape index (κ2) is 3.30. The Morgan fingerprint density at radius 3 is 2.19 bits per heavy atom. The molecule has 1 nitrogen and oxygen atoms in total. The van der Waals surface area contributed by atoms with Crippen LogP contribution in [0, 0.1) is 5.82 Å². The van der Waals surface area contributed by atoms with Crippen molar-refractivity contribution < 1.29 is 9.50 Å². The fourth-order valence-corrected chi connectivity index (χ4v) is 3.42. The maximum atomic E-state index is 13.3. The number of rotatable bonds is 1. The first-order valence-electron chi connectivity index (χ1n) is 6.11. The van der Waals surface area contributed by atoms with Crippen molar-refractivity contribution in [1.82, 2.24) is 0 Å². The smallest absolute Gasteiger partial charge is 0.123 e. The molecule has 0 amide bonds. The van der Waals surface area contributed by atoms with E-state index < -0.39 is 5.60 Å². The van der Waals surface area contributed by atoms with Crippen LogP contribution in [0.3, 0.4) is 0 Å². The van der Waals surface area contributed by atoms with E-state index in [9.17, 15) is 9.50 Å². The lowest BCUT2D eigenvalue weighted by molar-refractivity contribution is -0.0661. The van der Waals surface area contributed by atoms with E-state index in [0.29, 0.717) is 0 Å². The minimum Gasteiger partial charge on any atom is -0.390 e. The van der Waals surface area contributed by atoms with Crippen LogP contribution in [0.4, 0.5) is 4.39 Å². The average Bonchev–Trinajstić information content (AvgIpc) is 2.30. The van der Waals surface area contributed by atoms with Crippen LogP contribution in [0.1, 0.15) is 44.1 Å². The quantitative estimate of drug-likeness (QED) is 0.770. The van der Waals surface area contributed by atoms with Gasteiger partial charge < -0.3 is 5.11 Å². The molecule has 0 heterocycles. The van der Waals surface area contributed by atoms with Gasteiger partial charge in [-0.25, -0.2) is 4.39 Å². The molecule has 2 heteroatoms. The first-order chi connectivity index (χ1) is 7.62. The molecule has 1 aromatic carbocycles. The SMILES string of the molecule is OC12CCC(c3cccc(F)c3)(CC1)CC2. The molecule has 0 aliphatic heterocycles. The van der Waals surface area contributed by atoms with Gasteiger partial charge in [-0.1, -0.05) is 12.1 Å². The third-order valence-corrected chi connectivity index (χ3v) is 4.64. The van der Waals surface area contributed by atoms with Gasteiger partial charge in [-0.3, -0.25) is 0 Å². The monoisotopic (exact) mass is 220 g/mol. The first-order valence-corrected chi connectivity index (χ1v) is 6.11. The summed E-state index contributed by atoms with van der Waals surface area (Å²) < 4.78 is 13.3. The maximum Gasteiger partial charge on any atom is 0.123 e. The van der Waals surface area contributed by atoms with E-state index in [1.807, 2.05) is 6.07 Å². The Kier molecular flexibility index (Phi) is 2.12. The number of halogens is 1. The zero-order valence-electron chi connectivity index (χ0n) is 9.38. The zero-order chi connectivity index (χ0) is 11.2. The standard InChI is InChI=1S/C14H17FO/c15-12-3-1-2-11(10-12)13-4-7-14(16,8-5-13)9-6-13/h1-3,10,16H,4-9H2. The summed E-state index contributed by atoms with van der Waals surface area (Å²) in [6.45, 7) is 0. The molecule has 0 unspecified atom stereocenters. The van der Waals surface area contributed by atoms with Gasteiger partial charge in [0.25, 0.3) is 0 Å². The molecule has 3 fully saturated rings. The lowest BCUT2D eigenvalue weighted by Gasteiger charge is -2.51. The van der Waals surface area contributed by atoms with E-state index in [2.05, 4.69) is 0 Å². The third kappa shape index (κ3) is 1.47. The van der Waals surface area contributed by atoms with Gasteiger partial charge in [-0.05, 0) is 61.6 Å². The van der Waals surface area contributed by atoms with Crippen molar-refractivity contribution in [3.63, 3.8) is 0 Å². The van der Waals surface area contributed by atoms with Gasteiger partial charge in [0.05, 0.1) is 5.60 Å². The van der Waals surface area contributed by atoms with Crippen LogP contribution in [-0.4, -0.2) is 10.7 Å². The molecule has 4 rings (SSSR count). The molecule has 0 saturated heterocycles. The summed E-state index contributed by atoms with van der Waals surface area (Å²) in [6, 6.07) is 7.02. The van der Waals surface area contributed by atoms with Crippen LogP contribution in [0.25, 0.3) is 0 Å². The van der Waals surface area contributed by atoms with Gasteiger partial charge in [0.1, 0.15) is 5.82 Å². The summed E-state index contributed by atoms with van der Waals surface area (Å²) in [5, 5.41) is 10.2. The number of fused-ring (bicyclic) bond motifs is 3. The zero-order valence-corrected chi connectivity index (χ0v) is 9.38. The molecule has 0 radical (unpaired) electrons. The van der Waals surface area contributed by atoms with Crippen molar-refractivity contribution in [3.05, 3.63) is 35.6 Å². The highest BCUT2D eigenvalue weighted by Crippen LogP contribution is 2.53. The number of hydrogen-bond acceptors (Lipinski definition) is 1. The van der Waals surface area contributed by atoms with Crippen molar-refractivity contribution in [2.75, 3.05) is 0 Å². The number of aliphatic hydroxyl groups is 1. The Bertz CT molecular complexity index is 388. The minimum absolute atomic E-state index is 0.140. The largest absolute Gasteiger partial charge is 0.390 e. The van der Waals surface area contributed by atoms with Crippen LogP contribution < -0.4 is 0 Å². The second-order valence-corrected chi connectivity index (χ2v) is 5.52. The molecule has 3 aliphatic carbocycles. The Hall–Kier alpha value is -0.890. The average molecular weight is 220 g/mol. The Balaban J connectivity index is 1.95. The van der Waals surface area contributed by atoms with Gasteiger partial charge in [0, 0.05) is 0 Å². The van der Waals surface area contributed by atoms with Gasteiger partial charge in [0.15, 0.2) is 0 Å². The van der Waals surface area contributed by atoms with Crippen LogP contribution in [0.15, 0.2) is 24.3 Å². The molecule has 1 aromatic rings. The first kappa shape index (κ1) is 10.3. The van der Waals surface area contributed by atoms with Crippen molar-refractivity contribution >= 4 is 0 Å². The summed E-state index contributed by atoms with van der Waals surface area (Å²) in [5.41, 5.74) is 0.871. The molecule has 3 aliphatic rings. The van der Waals surface area contributed by atoms with E-state index in [0.717, 1.165) is 44.1 Å². The molecular weight excluding hydrogens is 203 g/mol. The van der Waals surface area contributed by atoms with Gasteiger partial charge in [-0.2, -0.15) is 0 Å². The normalized spacial score (nSPS) is 37.6. The highest BCUT2D eigenvalue weighted by molar-refractivity contribution is 5.29. The van der Waals surface area contributed by atoms with Gasteiger partial charge in [-0.15, -0.1) is 0 Å². The molecule has 2 bridgehead atoms. The van der Waals surface area contributed by atoms with Crippen LogP contribution in [0.2, 0.25) is 0 Å². The van der Waals surface area contributed by atoms with E-state index in [1.54, 1.807) is 12.1 Å². The minimum atomic E-state index is -0.408. The molecular formula is C14H17FO. The summed E-state index contributed by atoms with van der Waals surface area (Å²) in [5.74, 6) is -0.140. The van der Waals surface area contributed by atoms with E-state index in [1.165, 1.54) is 6.07 Å². The maximum absolute atomic E-state index is 13.3. The summed E-state index contributed by atoms with van der Waals surface area (Å²) in [7, 11) is 0. The molecule has 16 heavy (non-hydrogen) atoms. The van der Waals surface area contributed by atoms with Crippen molar-refractivity contribution in [2.45, 2.75) is 49.5 Å². The topological polar surface area (TPSA) is 20.2 Å². The molecule has 86 valence electrons. The molecule has 1 N–H and O–H groups in total. The van der Waals surface area contributed by atoms with Crippen LogP contribution in [-0.2, 0) is 5.41 Å². The Labute approximate surface area is 95.3 Å². The third-order valence-electron chi connectivity index (χ3n) is 4.64. The Morgan fingerprint density at radius 1 is 1.00 bits per heavy atom. The number of hydrogen-bond donors (Lipinski definition) is 1. The summed E-state index contributed by atoms with van der Waals surface area (Å²) >= 11 is 0. The fourth-order valence-electron chi connectivity index (χ4n) is 3.42. The molecule has 0 spiro atoms. The van der Waals surface area contributed by atoms with Crippen LogP contribution >= 0.6 is 0 Å². The lowest BCUT2D eigenvalue weighted by Crippen LogP contribution is -2.48. The van der Waals surface area contributed by atoms with Gasteiger partial charge >= 0.3 is 0 Å². The van der Waals surface area contributed by atoms with E-state index >= 15 is 0 Å². The highest BCUT2D eigenvalue weighted by Gasteiger charge is 2.48. The molecule has 0 atom stereocenters. The summed E-state index contributed by atoms with van der Waals surface area (Å²) in [4.78, 5) is 0. The Morgan fingerprint density at radius 2 is 1.62 bits per heavy atom. The fraction of sp³-hybridized carbons (Fsp3) is 0.571. The van der Waals surface area contributed by atoms with Crippen LogP contribution in [0.5, 0.6) is 0 Å². The van der Waals surface area contributed by atoms with Gasteiger partial charge in [0.2, 0.25) is 0 Å². The number of benzene rings is 1. The lowest BCUT2D eigenvalue weighted by atomic mass is 9.56. The predicted molar refractivity (Wildman–Crippen MR) is 60.7 cm³/mol. The van der Waals surface area contributed by atoms with Crippen molar-refractivity contribution in [3.8, 4) is 0 Å². The molecule has 0 aromatic heterocycles. The van der Waals surface area contributed by atoms with Crippen molar-refractivity contribution in [2.24, 2.45) is 0 Å². The summed E-state index contributed by atoms with van der Waals surface area (Å²) in [6.07, 6.45) is 5.66. The molecule has 3 saturated carbocycles. The predicted octanol–water partition coefficient (Wildman–Crippen LogP) is 3.16. The van der Waals surface area contributed by atoms with E-state index in [-0.39, 0.29) is 11.2 Å².